The Morgan fingerprint density at radius 2 is 1.90 bits per heavy atom. The average Bonchev–Trinajstić information content (AvgIpc) is 3.09. The molecule has 0 spiro atoms. The van der Waals surface area contributed by atoms with Crippen molar-refractivity contribution in [3.05, 3.63) is 49.9 Å². The summed E-state index contributed by atoms with van der Waals surface area (Å²) in [5.41, 5.74) is 0.927. The molecule has 0 aliphatic rings. The second-order valence-electron chi connectivity index (χ2n) is 5.79. The molecule has 6 nitrogen and oxygen atoms in total. The standard InChI is InChI=1S/C18H14BrCl3N4O2S/c1-2-26-17(10-5-9(19)3-4-15(10)27)24-25-18(26)29-8-16(28)23-14-7-12(21)11(20)6-13(14)22/h3-7,27H,2,8H2,1H3,(H,23,28). The third kappa shape index (κ3) is 5.19. The van der Waals surface area contributed by atoms with Crippen molar-refractivity contribution in [3.8, 4) is 17.1 Å². The van der Waals surface area contributed by atoms with Crippen LogP contribution in [0.4, 0.5) is 5.69 Å². The lowest BCUT2D eigenvalue weighted by Crippen LogP contribution is -2.15. The minimum absolute atomic E-state index is 0.0825. The maximum atomic E-state index is 12.3. The molecule has 1 amide bonds. The first kappa shape index (κ1) is 22.2. The number of phenols is 1. The summed E-state index contributed by atoms with van der Waals surface area (Å²) in [5, 5.41) is 22.7. The fourth-order valence-corrected chi connectivity index (χ4v) is 4.26. The van der Waals surface area contributed by atoms with Crippen molar-refractivity contribution >= 4 is 74.1 Å². The van der Waals surface area contributed by atoms with E-state index in [2.05, 4.69) is 31.4 Å². The molecule has 0 bridgehead atoms. The van der Waals surface area contributed by atoms with Crippen LogP contribution in [0.1, 0.15) is 6.92 Å². The number of carbonyl (C=O) groups is 1. The molecule has 152 valence electrons. The Balaban J connectivity index is 1.74. The van der Waals surface area contributed by atoms with Crippen molar-refractivity contribution in [2.24, 2.45) is 0 Å². The third-order valence-electron chi connectivity index (χ3n) is 3.85. The molecule has 2 N–H and O–H groups in total. The van der Waals surface area contributed by atoms with Crippen LogP contribution in [0.25, 0.3) is 11.4 Å². The molecule has 1 aromatic heterocycles. The van der Waals surface area contributed by atoms with E-state index in [0.717, 1.165) is 4.47 Å². The van der Waals surface area contributed by atoms with Gasteiger partial charge >= 0.3 is 0 Å². The molecule has 0 atom stereocenters. The molecule has 29 heavy (non-hydrogen) atoms. The van der Waals surface area contributed by atoms with E-state index in [9.17, 15) is 9.90 Å². The molecule has 0 aliphatic carbocycles. The molecular formula is C18H14BrCl3N4O2S. The highest BCUT2D eigenvalue weighted by Crippen LogP contribution is 2.34. The quantitative estimate of drug-likeness (QED) is 0.293. The summed E-state index contributed by atoms with van der Waals surface area (Å²) in [6.45, 7) is 2.50. The first-order chi connectivity index (χ1) is 13.8. The maximum absolute atomic E-state index is 12.3. The monoisotopic (exact) mass is 534 g/mol. The van der Waals surface area contributed by atoms with E-state index in [-0.39, 0.29) is 17.4 Å². The van der Waals surface area contributed by atoms with Crippen molar-refractivity contribution in [2.45, 2.75) is 18.6 Å². The van der Waals surface area contributed by atoms with Gasteiger partial charge in [-0.3, -0.25) is 4.79 Å². The summed E-state index contributed by atoms with van der Waals surface area (Å²) >= 11 is 22.6. The van der Waals surface area contributed by atoms with Gasteiger partial charge in [0.1, 0.15) is 5.75 Å². The molecular weight excluding hydrogens is 523 g/mol. The lowest BCUT2D eigenvalue weighted by atomic mass is 10.2. The Morgan fingerprint density at radius 1 is 1.17 bits per heavy atom. The number of anilines is 1. The van der Waals surface area contributed by atoms with Crippen molar-refractivity contribution in [1.82, 2.24) is 14.8 Å². The molecule has 0 saturated carbocycles. The number of amides is 1. The zero-order chi connectivity index (χ0) is 21.1. The number of halogens is 4. The smallest absolute Gasteiger partial charge is 0.234 e. The van der Waals surface area contributed by atoms with Gasteiger partial charge in [-0.1, -0.05) is 62.5 Å². The normalized spacial score (nSPS) is 10.9. The Labute approximate surface area is 194 Å². The number of aromatic hydroxyl groups is 1. The SMILES string of the molecule is CCn1c(SCC(=O)Nc2cc(Cl)c(Cl)cc2Cl)nnc1-c1cc(Br)ccc1O. The molecule has 0 saturated heterocycles. The van der Waals surface area contributed by atoms with Crippen molar-refractivity contribution < 1.29 is 9.90 Å². The second-order valence-corrected chi connectivity index (χ2v) is 8.87. The molecule has 3 rings (SSSR count). The van der Waals surface area contributed by atoms with Crippen LogP contribution in [0.2, 0.25) is 15.1 Å². The van der Waals surface area contributed by atoms with E-state index in [0.29, 0.717) is 43.8 Å². The minimum Gasteiger partial charge on any atom is -0.507 e. The van der Waals surface area contributed by atoms with E-state index < -0.39 is 0 Å². The van der Waals surface area contributed by atoms with Crippen molar-refractivity contribution in [3.63, 3.8) is 0 Å². The van der Waals surface area contributed by atoms with E-state index in [1.54, 1.807) is 18.2 Å². The van der Waals surface area contributed by atoms with Gasteiger partial charge in [0.25, 0.3) is 0 Å². The predicted octanol–water partition coefficient (Wildman–Crippen LogP) is 6.12. The van der Waals surface area contributed by atoms with E-state index in [4.69, 9.17) is 34.8 Å². The highest BCUT2D eigenvalue weighted by molar-refractivity contribution is 9.10. The first-order valence-electron chi connectivity index (χ1n) is 8.29. The third-order valence-corrected chi connectivity index (χ3v) is 6.34. The highest BCUT2D eigenvalue weighted by atomic mass is 79.9. The van der Waals surface area contributed by atoms with E-state index >= 15 is 0 Å². The Hall–Kier alpha value is -1.45. The zero-order valence-electron chi connectivity index (χ0n) is 14.9. The van der Waals surface area contributed by atoms with Gasteiger partial charge in [0.05, 0.1) is 32.1 Å². The summed E-state index contributed by atoms with van der Waals surface area (Å²) in [7, 11) is 0. The van der Waals surface area contributed by atoms with Crippen molar-refractivity contribution in [2.75, 3.05) is 11.1 Å². The van der Waals surface area contributed by atoms with Gasteiger partial charge in [-0.15, -0.1) is 10.2 Å². The van der Waals surface area contributed by atoms with Crippen LogP contribution in [0.3, 0.4) is 0 Å². The second kappa shape index (κ2) is 9.57. The maximum Gasteiger partial charge on any atom is 0.234 e. The lowest BCUT2D eigenvalue weighted by molar-refractivity contribution is -0.113. The number of benzene rings is 2. The number of thioether (sulfide) groups is 1. The van der Waals surface area contributed by atoms with Gasteiger partial charge in [-0.05, 0) is 37.3 Å². The van der Waals surface area contributed by atoms with Gasteiger partial charge in [0.15, 0.2) is 11.0 Å². The summed E-state index contributed by atoms with van der Waals surface area (Å²) in [6, 6.07) is 8.05. The van der Waals surface area contributed by atoms with Crippen LogP contribution in [-0.4, -0.2) is 31.5 Å². The number of carbonyl (C=O) groups excluding carboxylic acids is 1. The number of rotatable bonds is 6. The number of nitrogens with one attached hydrogen (secondary N) is 1. The summed E-state index contributed by atoms with van der Waals surface area (Å²) in [6.07, 6.45) is 0. The van der Waals surface area contributed by atoms with Gasteiger partial charge in [0, 0.05) is 11.0 Å². The zero-order valence-corrected chi connectivity index (χ0v) is 19.6. The molecule has 2 aromatic carbocycles. The number of aromatic nitrogens is 3. The number of phenolic OH excluding ortho intramolecular Hbond substituents is 1. The van der Waals surface area contributed by atoms with Gasteiger partial charge in [0.2, 0.25) is 5.91 Å². The predicted molar refractivity (Wildman–Crippen MR) is 121 cm³/mol. The van der Waals surface area contributed by atoms with Gasteiger partial charge in [-0.25, -0.2) is 0 Å². The fraction of sp³-hybridized carbons (Fsp3) is 0.167. The Morgan fingerprint density at radius 3 is 2.62 bits per heavy atom. The number of hydrogen-bond donors (Lipinski definition) is 2. The molecule has 11 heteroatoms. The molecule has 0 radical (unpaired) electrons. The van der Waals surface area contributed by atoms with Crippen LogP contribution in [0.5, 0.6) is 5.75 Å². The molecule has 1 heterocycles. The summed E-state index contributed by atoms with van der Waals surface area (Å²) < 4.78 is 2.63. The molecule has 0 unspecified atom stereocenters. The average molecular weight is 537 g/mol. The number of hydrogen-bond acceptors (Lipinski definition) is 5. The minimum atomic E-state index is -0.284. The largest absolute Gasteiger partial charge is 0.507 e. The van der Waals surface area contributed by atoms with Crippen LogP contribution < -0.4 is 5.32 Å². The van der Waals surface area contributed by atoms with E-state index in [1.165, 1.54) is 23.9 Å². The van der Waals surface area contributed by atoms with Gasteiger partial charge < -0.3 is 15.0 Å². The van der Waals surface area contributed by atoms with Gasteiger partial charge in [-0.2, -0.15) is 0 Å². The topological polar surface area (TPSA) is 80.0 Å². The van der Waals surface area contributed by atoms with Crippen LogP contribution in [0, 0.1) is 0 Å². The lowest BCUT2D eigenvalue weighted by Gasteiger charge is -2.10. The van der Waals surface area contributed by atoms with Crippen molar-refractivity contribution in [1.29, 1.82) is 0 Å². The van der Waals surface area contributed by atoms with Crippen LogP contribution >= 0.6 is 62.5 Å². The van der Waals surface area contributed by atoms with E-state index in [1.807, 2.05) is 11.5 Å². The first-order valence-corrected chi connectivity index (χ1v) is 11.2. The Bertz CT molecular complexity index is 1080. The highest BCUT2D eigenvalue weighted by Gasteiger charge is 2.18. The van der Waals surface area contributed by atoms with Crippen LogP contribution in [0.15, 0.2) is 40.0 Å². The number of nitrogens with zero attached hydrogens (tertiary/aromatic N) is 3. The molecule has 0 fully saturated rings. The summed E-state index contributed by atoms with van der Waals surface area (Å²) in [5.74, 6) is 0.410. The molecule has 3 aromatic rings. The Kier molecular flexibility index (Phi) is 7.34. The summed E-state index contributed by atoms with van der Waals surface area (Å²) in [4.78, 5) is 12.3. The fourth-order valence-electron chi connectivity index (χ4n) is 2.50. The molecule has 0 aliphatic heterocycles. The van der Waals surface area contributed by atoms with Crippen LogP contribution in [-0.2, 0) is 11.3 Å².